The monoisotopic (exact) mass is 978 g/mol. The summed E-state index contributed by atoms with van der Waals surface area (Å²) < 4.78 is 40.1. The standard InChI is InChI=1S/C50H79BrN2O12/c1-15-34-23-39(54)29(4)43(64-40-25-48(8,59-13)45(57)32(7)63-40)31(6)46(65-47-42(55)38(53(11)12)22-28(3)62-47)49(9,60-14)24-27(2)41(30(5)44(56)50(34,10)58)52-61-26-33-20-21-37(51)36-19-17-16-18-35(33)36/h16-21,27-32,34,38,40,42-47,55-58H,15,22-26H2,1-14H3/b52-41+/t27-,28-,29+,30+,31+,32+,34+,38+,40+,42-,43-,44-,45+,46-,47+,48-,49-,50-/m1/s1. The van der Waals surface area contributed by atoms with Gasteiger partial charge in [0.25, 0.3) is 0 Å². The fourth-order valence-electron chi connectivity index (χ4n) is 10.8. The number of ketones is 1. The summed E-state index contributed by atoms with van der Waals surface area (Å²) in [5, 5.41) is 54.5. The summed E-state index contributed by atoms with van der Waals surface area (Å²) in [5.74, 6) is -3.44. The van der Waals surface area contributed by atoms with Crippen molar-refractivity contribution in [3.63, 3.8) is 0 Å². The van der Waals surface area contributed by atoms with Crippen molar-refractivity contribution in [1.82, 2.24) is 4.90 Å². The first-order valence-corrected chi connectivity index (χ1v) is 24.3. The molecular formula is C50H79BrN2O12. The lowest BCUT2D eigenvalue weighted by molar-refractivity contribution is -0.318. The van der Waals surface area contributed by atoms with Crippen molar-refractivity contribution in [2.45, 2.75) is 186 Å². The van der Waals surface area contributed by atoms with E-state index in [2.05, 4.69) is 15.9 Å². The van der Waals surface area contributed by atoms with Gasteiger partial charge in [0, 0.05) is 61.2 Å². The molecule has 14 nitrogen and oxygen atoms in total. The summed E-state index contributed by atoms with van der Waals surface area (Å²) in [4.78, 5) is 23.0. The van der Waals surface area contributed by atoms with Crippen LogP contribution in [0.4, 0.5) is 0 Å². The summed E-state index contributed by atoms with van der Waals surface area (Å²) in [6.45, 7) is 18.6. The number of hydrogen-bond acceptors (Lipinski definition) is 14. The number of aliphatic hydroxyl groups excluding tert-OH is 3. The van der Waals surface area contributed by atoms with Crippen LogP contribution in [0.5, 0.6) is 0 Å². The lowest BCUT2D eigenvalue weighted by atomic mass is 9.69. The zero-order valence-electron chi connectivity index (χ0n) is 41.2. The molecule has 2 aliphatic heterocycles. The van der Waals surface area contributed by atoms with Crippen molar-refractivity contribution >= 4 is 38.2 Å². The van der Waals surface area contributed by atoms with Crippen molar-refractivity contribution in [2.75, 3.05) is 28.3 Å². The highest BCUT2D eigenvalue weighted by molar-refractivity contribution is 9.10. The van der Waals surface area contributed by atoms with Crippen molar-refractivity contribution in [1.29, 1.82) is 0 Å². The first kappa shape index (κ1) is 53.8. The van der Waals surface area contributed by atoms with Crippen LogP contribution >= 0.6 is 15.9 Å². The number of carbonyl (C=O) groups excluding carboxylic acids is 1. The number of likely N-dealkylation sites (N-methyl/N-ethyl adjacent to an activating group) is 1. The molecule has 0 bridgehead atoms. The van der Waals surface area contributed by atoms with E-state index in [1.54, 1.807) is 28.1 Å². The molecule has 0 aromatic heterocycles. The first-order valence-electron chi connectivity index (χ1n) is 23.5. The second kappa shape index (κ2) is 22.1. The van der Waals surface area contributed by atoms with Gasteiger partial charge in [-0.25, -0.2) is 0 Å². The molecule has 18 atom stereocenters. The van der Waals surface area contributed by atoms with Gasteiger partial charge in [0.15, 0.2) is 12.6 Å². The third-order valence-corrected chi connectivity index (χ3v) is 16.0. The number of ether oxygens (including phenoxy) is 6. The number of benzene rings is 2. The van der Waals surface area contributed by atoms with Gasteiger partial charge in [0.2, 0.25) is 0 Å². The molecule has 1 aliphatic carbocycles. The zero-order chi connectivity index (χ0) is 48.3. The van der Waals surface area contributed by atoms with Gasteiger partial charge in [-0.2, -0.15) is 0 Å². The minimum atomic E-state index is -1.72. The molecule has 2 heterocycles. The van der Waals surface area contributed by atoms with Crippen LogP contribution in [-0.4, -0.2) is 143 Å². The summed E-state index contributed by atoms with van der Waals surface area (Å²) >= 11 is 3.66. The van der Waals surface area contributed by atoms with Crippen molar-refractivity contribution in [2.24, 2.45) is 34.7 Å². The molecule has 2 aromatic rings. The number of fused-ring (bicyclic) bond motifs is 1. The quantitative estimate of drug-likeness (QED) is 0.169. The molecule has 3 fully saturated rings. The van der Waals surface area contributed by atoms with Gasteiger partial charge in [-0.3, -0.25) is 4.79 Å². The predicted molar refractivity (Wildman–Crippen MR) is 253 cm³/mol. The van der Waals surface area contributed by atoms with E-state index < -0.39 is 95.6 Å². The zero-order valence-corrected chi connectivity index (χ0v) is 42.8. The number of nitrogens with zero attached hydrogens (tertiary/aromatic N) is 2. The van der Waals surface area contributed by atoms with Gasteiger partial charge >= 0.3 is 0 Å². The molecule has 368 valence electrons. The third-order valence-electron chi connectivity index (χ3n) is 15.3. The number of oxime groups is 1. The topological polar surface area (TPSA) is 178 Å². The number of carbonyl (C=O) groups is 1. The highest BCUT2D eigenvalue weighted by Gasteiger charge is 2.53. The maximum atomic E-state index is 14.8. The predicted octanol–water partition coefficient (Wildman–Crippen LogP) is 7.02. The van der Waals surface area contributed by atoms with E-state index in [0.29, 0.717) is 18.6 Å². The minimum absolute atomic E-state index is 0.0633. The van der Waals surface area contributed by atoms with Crippen LogP contribution < -0.4 is 0 Å². The van der Waals surface area contributed by atoms with Crippen molar-refractivity contribution in [3.05, 3.63) is 46.4 Å². The molecule has 65 heavy (non-hydrogen) atoms. The number of rotatable bonds is 11. The molecule has 0 spiro atoms. The number of hydrogen-bond donors (Lipinski definition) is 4. The van der Waals surface area contributed by atoms with E-state index in [0.717, 1.165) is 20.8 Å². The maximum Gasteiger partial charge on any atom is 0.185 e. The Balaban J connectivity index is 1.65. The van der Waals surface area contributed by atoms with Crippen LogP contribution in [0, 0.1) is 29.6 Å². The minimum Gasteiger partial charge on any atom is -0.391 e. The Kier molecular flexibility index (Phi) is 18.3. The van der Waals surface area contributed by atoms with Crippen LogP contribution in [0.25, 0.3) is 10.8 Å². The van der Waals surface area contributed by atoms with Crippen molar-refractivity contribution < 1.29 is 58.5 Å². The molecule has 2 saturated heterocycles. The summed E-state index contributed by atoms with van der Waals surface area (Å²) in [5.41, 5.74) is -2.51. The van der Waals surface area contributed by atoms with Crippen LogP contribution in [-0.2, 0) is 44.7 Å². The largest absolute Gasteiger partial charge is 0.391 e. The highest BCUT2D eigenvalue weighted by Crippen LogP contribution is 2.43. The lowest BCUT2D eigenvalue weighted by Gasteiger charge is -2.50. The molecular weight excluding hydrogens is 900 g/mol. The Morgan fingerprint density at radius 3 is 2.12 bits per heavy atom. The van der Waals surface area contributed by atoms with Crippen LogP contribution in [0.1, 0.15) is 107 Å². The smallest absolute Gasteiger partial charge is 0.185 e. The number of Topliss-reactive ketones (excluding diaryl/α,β-unsaturated/α-hetero) is 1. The lowest BCUT2D eigenvalue weighted by Crippen LogP contribution is -2.61. The number of methoxy groups -OCH3 is 2. The normalized spacial score (nSPS) is 42.3. The van der Waals surface area contributed by atoms with E-state index in [1.165, 1.54) is 0 Å². The van der Waals surface area contributed by atoms with Crippen LogP contribution in [0.2, 0.25) is 0 Å². The molecule has 3 aliphatic rings. The fourth-order valence-corrected chi connectivity index (χ4v) is 11.3. The van der Waals surface area contributed by atoms with Gasteiger partial charge in [0.1, 0.15) is 24.6 Å². The maximum absolute atomic E-state index is 14.8. The highest BCUT2D eigenvalue weighted by atomic mass is 79.9. The summed E-state index contributed by atoms with van der Waals surface area (Å²) in [6.07, 6.45) is -6.64. The Labute approximate surface area is 395 Å². The Morgan fingerprint density at radius 1 is 0.862 bits per heavy atom. The number of aliphatic hydroxyl groups is 4. The van der Waals surface area contributed by atoms with E-state index in [9.17, 15) is 25.2 Å². The molecule has 0 amide bonds. The molecule has 0 radical (unpaired) electrons. The van der Waals surface area contributed by atoms with E-state index in [1.807, 2.05) is 111 Å². The summed E-state index contributed by atoms with van der Waals surface area (Å²) in [7, 11) is 6.98. The van der Waals surface area contributed by atoms with Crippen LogP contribution in [0.3, 0.4) is 0 Å². The first-order chi connectivity index (χ1) is 30.4. The van der Waals surface area contributed by atoms with Gasteiger partial charge in [-0.05, 0) is 89.9 Å². The second-order valence-corrected chi connectivity index (χ2v) is 21.1. The third kappa shape index (κ3) is 11.7. The van der Waals surface area contributed by atoms with Crippen LogP contribution in [0.15, 0.2) is 46.0 Å². The molecule has 2 aromatic carbocycles. The molecule has 15 heteroatoms. The molecule has 0 unspecified atom stereocenters. The molecule has 4 N–H and O–H groups in total. The van der Waals surface area contributed by atoms with Gasteiger partial charge in [-0.15, -0.1) is 0 Å². The van der Waals surface area contributed by atoms with E-state index in [-0.39, 0.29) is 43.8 Å². The number of halogens is 1. The van der Waals surface area contributed by atoms with Gasteiger partial charge < -0.3 is 58.6 Å². The van der Waals surface area contributed by atoms with E-state index >= 15 is 0 Å². The van der Waals surface area contributed by atoms with Gasteiger partial charge in [-0.1, -0.05) is 92.5 Å². The Hall–Kier alpha value is -2.12. The Bertz CT molecular complexity index is 1920. The van der Waals surface area contributed by atoms with Gasteiger partial charge in [0.05, 0.1) is 53.0 Å². The second-order valence-electron chi connectivity index (χ2n) is 20.2. The summed E-state index contributed by atoms with van der Waals surface area (Å²) in [6, 6.07) is 11.7. The average Bonchev–Trinajstić information content (AvgIpc) is 3.27. The van der Waals surface area contributed by atoms with E-state index in [4.69, 9.17) is 38.4 Å². The molecule has 1 saturated carbocycles. The molecule has 5 rings (SSSR count). The Morgan fingerprint density at radius 2 is 1.51 bits per heavy atom. The average molecular weight is 980 g/mol. The van der Waals surface area contributed by atoms with Crippen molar-refractivity contribution in [3.8, 4) is 0 Å². The fraction of sp³-hybridized carbons (Fsp3) is 0.760. The SMILES string of the molecule is CC[C@H]1CC(=O)[C@H](C)[C@@H](O[C@H]2C[C@@](C)(OC)[C@@H](O)[C@H](C)O2)[C@H](C)[C@@H](O[C@@H]2O[C@H](C)C[C@H](N(C)C)[C@H]2O)[C@](C)(OC)C[C@@H](C)/C(=N\OCc2ccc(Br)c3ccccc23)[C@H](C)[C@@H](O)[C@]1(C)O.